The molecule has 1 aromatic rings. The van der Waals surface area contributed by atoms with Gasteiger partial charge >= 0.3 is 0 Å². The Morgan fingerprint density at radius 2 is 2.37 bits per heavy atom. The molecule has 0 saturated carbocycles. The maximum Gasteiger partial charge on any atom is 0.284 e. The molecule has 2 rings (SSSR count). The summed E-state index contributed by atoms with van der Waals surface area (Å²) in [7, 11) is -3.14. The lowest BCUT2D eigenvalue weighted by molar-refractivity contribution is 0.605. The van der Waals surface area contributed by atoms with E-state index in [-0.39, 0.29) is 28.4 Å². The highest BCUT2D eigenvalue weighted by Gasteiger charge is 2.22. The van der Waals surface area contributed by atoms with Gasteiger partial charge in [-0.25, -0.2) is 13.1 Å². The van der Waals surface area contributed by atoms with Crippen LogP contribution in [0.5, 0.6) is 0 Å². The Hall–Kier alpha value is -1.59. The normalized spacial score (nSPS) is 20.1. The van der Waals surface area contributed by atoms with Crippen LogP contribution < -0.4 is 10.9 Å². The van der Waals surface area contributed by atoms with Gasteiger partial charge in [-0.2, -0.15) is 5.10 Å². The SMILES string of the molecule is C#CCn1ncc(NC2C=CS(=O)(=O)C2)c(Br)c1=O. The Balaban J connectivity index is 2.24. The van der Waals surface area contributed by atoms with Gasteiger partial charge in [0.15, 0.2) is 9.84 Å². The van der Waals surface area contributed by atoms with E-state index >= 15 is 0 Å². The van der Waals surface area contributed by atoms with Gasteiger partial charge in [0.2, 0.25) is 0 Å². The number of hydrogen-bond acceptors (Lipinski definition) is 5. The molecular weight excluding hydrogens is 334 g/mol. The maximum atomic E-state index is 11.9. The molecule has 6 nitrogen and oxygen atoms in total. The molecule has 0 fully saturated rings. The van der Waals surface area contributed by atoms with Crippen molar-refractivity contribution in [1.29, 1.82) is 0 Å². The minimum absolute atomic E-state index is 0.0348. The van der Waals surface area contributed by atoms with Crippen LogP contribution in [-0.4, -0.2) is 30.0 Å². The van der Waals surface area contributed by atoms with Crippen molar-refractivity contribution in [2.75, 3.05) is 11.1 Å². The van der Waals surface area contributed by atoms with E-state index in [2.05, 4.69) is 32.3 Å². The average Bonchev–Trinajstić information content (AvgIpc) is 2.69. The molecule has 1 aromatic heterocycles. The standard InChI is InChI=1S/C11H10BrN3O3S/c1-2-4-15-11(16)10(12)9(6-13-15)14-8-3-5-19(17,18)7-8/h1,3,5-6,8,14H,4,7H2. The van der Waals surface area contributed by atoms with E-state index in [1.807, 2.05) is 0 Å². The van der Waals surface area contributed by atoms with Crippen molar-refractivity contribution in [3.05, 3.63) is 32.5 Å². The van der Waals surface area contributed by atoms with E-state index in [9.17, 15) is 13.2 Å². The minimum Gasteiger partial charge on any atom is -0.375 e. The van der Waals surface area contributed by atoms with Gasteiger partial charge < -0.3 is 5.32 Å². The van der Waals surface area contributed by atoms with E-state index in [4.69, 9.17) is 6.42 Å². The lowest BCUT2D eigenvalue weighted by Gasteiger charge is -2.13. The lowest BCUT2D eigenvalue weighted by Crippen LogP contribution is -2.27. The average molecular weight is 344 g/mol. The quantitative estimate of drug-likeness (QED) is 0.801. The molecule has 1 unspecified atom stereocenters. The highest BCUT2D eigenvalue weighted by molar-refractivity contribution is 9.10. The first-order chi connectivity index (χ1) is 8.93. The van der Waals surface area contributed by atoms with Crippen LogP contribution in [0.4, 0.5) is 5.69 Å². The highest BCUT2D eigenvalue weighted by Crippen LogP contribution is 2.20. The van der Waals surface area contributed by atoms with Gasteiger partial charge in [0.05, 0.1) is 23.7 Å². The first-order valence-electron chi connectivity index (χ1n) is 5.29. The predicted molar refractivity (Wildman–Crippen MR) is 75.4 cm³/mol. The van der Waals surface area contributed by atoms with Crippen LogP contribution in [0.25, 0.3) is 0 Å². The first kappa shape index (κ1) is 13.8. The van der Waals surface area contributed by atoms with Crippen molar-refractivity contribution in [2.45, 2.75) is 12.6 Å². The predicted octanol–water partition coefficient (Wildman–Crippen LogP) is 0.362. The molecule has 8 heteroatoms. The van der Waals surface area contributed by atoms with Crippen LogP contribution in [0.15, 0.2) is 26.9 Å². The smallest absolute Gasteiger partial charge is 0.284 e. The van der Waals surface area contributed by atoms with Gasteiger partial charge in [0.25, 0.3) is 5.56 Å². The fourth-order valence-corrected chi connectivity index (χ4v) is 3.29. The number of sulfone groups is 1. The second-order valence-corrected chi connectivity index (χ2v) is 6.67. The van der Waals surface area contributed by atoms with Crippen molar-refractivity contribution in [3.63, 3.8) is 0 Å². The third kappa shape index (κ3) is 3.05. The van der Waals surface area contributed by atoms with Gasteiger partial charge in [-0.1, -0.05) is 12.0 Å². The maximum absolute atomic E-state index is 11.9. The number of nitrogens with one attached hydrogen (secondary N) is 1. The summed E-state index contributed by atoms with van der Waals surface area (Å²) in [6.07, 6.45) is 8.09. The number of aromatic nitrogens is 2. The summed E-state index contributed by atoms with van der Waals surface area (Å²) in [5, 5.41) is 8.00. The van der Waals surface area contributed by atoms with Gasteiger partial charge in [0.1, 0.15) is 11.0 Å². The van der Waals surface area contributed by atoms with Crippen LogP contribution >= 0.6 is 15.9 Å². The summed E-state index contributed by atoms with van der Waals surface area (Å²) in [4.78, 5) is 11.9. The first-order valence-corrected chi connectivity index (χ1v) is 7.80. The molecule has 0 aromatic carbocycles. The van der Waals surface area contributed by atoms with Crippen molar-refractivity contribution in [2.24, 2.45) is 0 Å². The van der Waals surface area contributed by atoms with E-state index in [1.54, 1.807) is 0 Å². The Morgan fingerprint density at radius 3 is 2.95 bits per heavy atom. The largest absolute Gasteiger partial charge is 0.375 e. The lowest BCUT2D eigenvalue weighted by atomic mass is 10.3. The van der Waals surface area contributed by atoms with E-state index in [0.29, 0.717) is 5.69 Å². The zero-order chi connectivity index (χ0) is 14.0. The van der Waals surface area contributed by atoms with Crippen molar-refractivity contribution in [1.82, 2.24) is 9.78 Å². The molecule has 2 heterocycles. The number of halogens is 1. The summed E-state index contributed by atoms with van der Waals surface area (Å²) in [6.45, 7) is 0.0788. The molecule has 0 spiro atoms. The van der Waals surface area contributed by atoms with Gasteiger partial charge in [0, 0.05) is 5.41 Å². The third-order valence-electron chi connectivity index (χ3n) is 2.50. The highest BCUT2D eigenvalue weighted by atomic mass is 79.9. The van der Waals surface area contributed by atoms with Crippen molar-refractivity contribution < 1.29 is 8.42 Å². The third-order valence-corrected chi connectivity index (χ3v) is 4.66. The molecule has 1 aliphatic rings. The molecule has 0 saturated heterocycles. The number of rotatable bonds is 3. The van der Waals surface area contributed by atoms with Crippen molar-refractivity contribution >= 4 is 31.5 Å². The Morgan fingerprint density at radius 1 is 1.63 bits per heavy atom. The van der Waals surface area contributed by atoms with E-state index < -0.39 is 9.84 Å². The summed E-state index contributed by atoms with van der Waals surface area (Å²) >= 11 is 3.16. The van der Waals surface area contributed by atoms with Crippen molar-refractivity contribution in [3.8, 4) is 12.3 Å². The molecular formula is C11H10BrN3O3S. The topological polar surface area (TPSA) is 81.1 Å². The fourth-order valence-electron chi connectivity index (χ4n) is 1.63. The number of hydrogen-bond donors (Lipinski definition) is 1. The van der Waals surface area contributed by atoms with Crippen LogP contribution in [0.1, 0.15) is 0 Å². The van der Waals surface area contributed by atoms with Crippen LogP contribution in [0.2, 0.25) is 0 Å². The molecule has 0 bridgehead atoms. The Labute approximate surface area is 118 Å². The monoisotopic (exact) mass is 343 g/mol. The number of nitrogens with zero attached hydrogens (tertiary/aromatic N) is 2. The minimum atomic E-state index is -3.14. The van der Waals surface area contributed by atoms with Crippen LogP contribution in [0.3, 0.4) is 0 Å². The molecule has 1 aliphatic heterocycles. The molecule has 19 heavy (non-hydrogen) atoms. The van der Waals surface area contributed by atoms with Gasteiger partial charge in [-0.3, -0.25) is 4.79 Å². The summed E-state index contributed by atoms with van der Waals surface area (Å²) in [5.74, 6) is 2.29. The number of anilines is 1. The Kier molecular flexibility index (Phi) is 3.78. The van der Waals surface area contributed by atoms with Gasteiger partial charge in [-0.15, -0.1) is 6.42 Å². The Bertz CT molecular complexity index is 731. The molecule has 100 valence electrons. The zero-order valence-electron chi connectivity index (χ0n) is 9.71. The molecule has 1 atom stereocenters. The van der Waals surface area contributed by atoms with E-state index in [0.717, 1.165) is 10.1 Å². The zero-order valence-corrected chi connectivity index (χ0v) is 12.1. The van der Waals surface area contributed by atoms with Crippen LogP contribution in [0, 0.1) is 12.3 Å². The molecule has 1 N–H and O–H groups in total. The molecule has 0 amide bonds. The van der Waals surface area contributed by atoms with Gasteiger partial charge in [-0.05, 0) is 15.9 Å². The summed E-state index contributed by atoms with van der Waals surface area (Å²) < 4.78 is 24.0. The second kappa shape index (κ2) is 5.19. The van der Waals surface area contributed by atoms with Crippen LogP contribution in [-0.2, 0) is 16.4 Å². The summed E-state index contributed by atoms with van der Waals surface area (Å²) in [5.41, 5.74) is 0.0674. The number of terminal acetylenes is 1. The summed E-state index contributed by atoms with van der Waals surface area (Å²) in [6, 6.07) is -0.369. The molecule has 0 radical (unpaired) electrons. The molecule has 0 aliphatic carbocycles. The van der Waals surface area contributed by atoms with E-state index in [1.165, 1.54) is 12.3 Å². The fraction of sp³-hybridized carbons (Fsp3) is 0.273. The second-order valence-electron chi connectivity index (χ2n) is 3.95.